The lowest BCUT2D eigenvalue weighted by molar-refractivity contribution is -0.125. The molecule has 0 aliphatic heterocycles. The Morgan fingerprint density at radius 1 is 1.18 bits per heavy atom. The summed E-state index contributed by atoms with van der Waals surface area (Å²) in [5.41, 5.74) is 0. The van der Waals surface area contributed by atoms with Gasteiger partial charge in [-0.3, -0.25) is 9.59 Å². The van der Waals surface area contributed by atoms with E-state index in [0.29, 0.717) is 18.4 Å². The van der Waals surface area contributed by atoms with Gasteiger partial charge < -0.3 is 15.7 Å². The molecule has 0 aromatic heterocycles. The second-order valence-electron chi connectivity index (χ2n) is 4.70. The maximum atomic E-state index is 11.4. The van der Waals surface area contributed by atoms with E-state index in [1.54, 1.807) is 0 Å². The van der Waals surface area contributed by atoms with Crippen LogP contribution in [0.25, 0.3) is 0 Å². The van der Waals surface area contributed by atoms with E-state index in [1.807, 2.05) is 0 Å². The number of aliphatic hydroxyl groups is 1. The topological polar surface area (TPSA) is 78.4 Å². The first-order valence-electron chi connectivity index (χ1n) is 6.25. The van der Waals surface area contributed by atoms with Gasteiger partial charge in [0.2, 0.25) is 11.8 Å². The van der Waals surface area contributed by atoms with Gasteiger partial charge in [-0.2, -0.15) is 0 Å². The van der Waals surface area contributed by atoms with Crippen molar-refractivity contribution in [3.8, 4) is 0 Å². The van der Waals surface area contributed by atoms with Crippen LogP contribution in [0.15, 0.2) is 0 Å². The van der Waals surface area contributed by atoms with Gasteiger partial charge in [-0.05, 0) is 24.7 Å². The Balaban J connectivity index is 2.23. The van der Waals surface area contributed by atoms with Gasteiger partial charge in [-0.1, -0.05) is 12.8 Å². The number of rotatable bonds is 5. The number of hydrogen-bond acceptors (Lipinski definition) is 3. The van der Waals surface area contributed by atoms with E-state index in [0.717, 1.165) is 12.8 Å². The Bertz CT molecular complexity index is 268. The molecule has 1 rings (SSSR count). The second-order valence-corrected chi connectivity index (χ2v) is 4.70. The Kier molecular flexibility index (Phi) is 5.97. The fourth-order valence-electron chi connectivity index (χ4n) is 2.31. The van der Waals surface area contributed by atoms with E-state index in [1.165, 1.54) is 19.8 Å². The van der Waals surface area contributed by atoms with Gasteiger partial charge in [-0.25, -0.2) is 0 Å². The molecule has 1 fully saturated rings. The van der Waals surface area contributed by atoms with Crippen molar-refractivity contribution in [1.29, 1.82) is 0 Å². The normalized spacial score (nSPS) is 24.1. The number of carbonyl (C=O) groups excluding carboxylic acids is 2. The van der Waals surface area contributed by atoms with E-state index >= 15 is 0 Å². The maximum absolute atomic E-state index is 11.4. The summed E-state index contributed by atoms with van der Waals surface area (Å²) in [4.78, 5) is 22.0. The monoisotopic (exact) mass is 242 g/mol. The minimum absolute atomic E-state index is 0.0336. The van der Waals surface area contributed by atoms with Gasteiger partial charge in [0.25, 0.3) is 0 Å². The molecule has 2 amide bonds. The molecule has 0 spiro atoms. The summed E-state index contributed by atoms with van der Waals surface area (Å²) in [5, 5.41) is 14.5. The van der Waals surface area contributed by atoms with Crippen molar-refractivity contribution in [2.45, 2.75) is 32.6 Å². The predicted molar refractivity (Wildman–Crippen MR) is 64.2 cm³/mol. The molecule has 17 heavy (non-hydrogen) atoms. The van der Waals surface area contributed by atoms with Crippen LogP contribution in [0, 0.1) is 11.8 Å². The summed E-state index contributed by atoms with van der Waals surface area (Å²) in [6, 6.07) is 0. The zero-order valence-corrected chi connectivity index (χ0v) is 10.4. The molecule has 0 saturated heterocycles. The smallest absolute Gasteiger partial charge is 0.239 e. The first kappa shape index (κ1) is 14.0. The van der Waals surface area contributed by atoms with E-state index in [4.69, 9.17) is 0 Å². The summed E-state index contributed by atoms with van der Waals surface area (Å²) in [6.07, 6.45) is 4.44. The minimum atomic E-state index is -0.203. The van der Waals surface area contributed by atoms with Gasteiger partial charge in [0.1, 0.15) is 0 Å². The molecule has 0 heterocycles. The zero-order valence-electron chi connectivity index (χ0n) is 10.4. The van der Waals surface area contributed by atoms with E-state index in [-0.39, 0.29) is 25.0 Å². The third-order valence-corrected chi connectivity index (χ3v) is 3.36. The van der Waals surface area contributed by atoms with Gasteiger partial charge in [0.15, 0.2) is 0 Å². The highest BCUT2D eigenvalue weighted by molar-refractivity contribution is 5.83. The standard InChI is InChI=1S/C12H22N2O3/c1-9(16)13-7-12(17)14-6-10-4-2-3-5-11(10)8-15/h10-11,15H,2-8H2,1H3,(H,13,16)(H,14,17). The third kappa shape index (κ3) is 5.17. The van der Waals surface area contributed by atoms with Crippen molar-refractivity contribution in [3.63, 3.8) is 0 Å². The molecule has 5 nitrogen and oxygen atoms in total. The molecule has 1 aliphatic carbocycles. The van der Waals surface area contributed by atoms with Crippen LogP contribution in [0.5, 0.6) is 0 Å². The number of carbonyl (C=O) groups is 2. The molecule has 2 unspecified atom stereocenters. The van der Waals surface area contributed by atoms with Crippen LogP contribution in [0.4, 0.5) is 0 Å². The van der Waals surface area contributed by atoms with Gasteiger partial charge in [0.05, 0.1) is 6.54 Å². The summed E-state index contributed by atoms with van der Waals surface area (Å²) >= 11 is 0. The second kappa shape index (κ2) is 7.27. The van der Waals surface area contributed by atoms with Crippen LogP contribution in [0.1, 0.15) is 32.6 Å². The van der Waals surface area contributed by atoms with Crippen molar-refractivity contribution >= 4 is 11.8 Å². The fraction of sp³-hybridized carbons (Fsp3) is 0.833. The van der Waals surface area contributed by atoms with Crippen LogP contribution in [-0.4, -0.2) is 36.6 Å². The Morgan fingerprint density at radius 2 is 1.82 bits per heavy atom. The fourth-order valence-corrected chi connectivity index (χ4v) is 2.31. The van der Waals surface area contributed by atoms with Crippen molar-refractivity contribution in [2.75, 3.05) is 19.7 Å². The SMILES string of the molecule is CC(=O)NCC(=O)NCC1CCCCC1CO. The molecular formula is C12H22N2O3. The van der Waals surface area contributed by atoms with E-state index in [2.05, 4.69) is 10.6 Å². The largest absolute Gasteiger partial charge is 0.396 e. The van der Waals surface area contributed by atoms with Crippen LogP contribution >= 0.6 is 0 Å². The Morgan fingerprint density at radius 3 is 2.41 bits per heavy atom. The first-order chi connectivity index (χ1) is 8.13. The summed E-state index contributed by atoms with van der Waals surface area (Å²) in [5.74, 6) is 0.313. The molecule has 5 heteroatoms. The summed E-state index contributed by atoms with van der Waals surface area (Å²) < 4.78 is 0. The quantitative estimate of drug-likeness (QED) is 0.637. The van der Waals surface area contributed by atoms with Gasteiger partial charge in [-0.15, -0.1) is 0 Å². The van der Waals surface area contributed by atoms with Gasteiger partial charge >= 0.3 is 0 Å². The summed E-state index contributed by atoms with van der Waals surface area (Å²) in [7, 11) is 0. The molecular weight excluding hydrogens is 220 g/mol. The van der Waals surface area contributed by atoms with Crippen LogP contribution in [0.3, 0.4) is 0 Å². The first-order valence-corrected chi connectivity index (χ1v) is 6.25. The van der Waals surface area contributed by atoms with Crippen LogP contribution < -0.4 is 10.6 Å². The Labute approximate surface area is 102 Å². The van der Waals surface area contributed by atoms with Crippen molar-refractivity contribution in [3.05, 3.63) is 0 Å². The minimum Gasteiger partial charge on any atom is -0.396 e. The molecule has 0 aromatic carbocycles. The molecule has 0 radical (unpaired) electrons. The molecule has 0 bridgehead atoms. The molecule has 1 aliphatic rings. The Hall–Kier alpha value is -1.10. The number of amides is 2. The van der Waals surface area contributed by atoms with Gasteiger partial charge in [0, 0.05) is 20.1 Å². The van der Waals surface area contributed by atoms with Crippen molar-refractivity contribution < 1.29 is 14.7 Å². The zero-order chi connectivity index (χ0) is 12.7. The molecule has 0 aromatic rings. The lowest BCUT2D eigenvalue weighted by atomic mass is 9.79. The number of nitrogens with one attached hydrogen (secondary N) is 2. The average Bonchev–Trinajstić information content (AvgIpc) is 2.34. The van der Waals surface area contributed by atoms with Crippen molar-refractivity contribution in [1.82, 2.24) is 10.6 Å². The third-order valence-electron chi connectivity index (χ3n) is 3.36. The molecule has 1 saturated carbocycles. The van der Waals surface area contributed by atoms with Crippen LogP contribution in [0.2, 0.25) is 0 Å². The van der Waals surface area contributed by atoms with Crippen LogP contribution in [-0.2, 0) is 9.59 Å². The molecule has 2 atom stereocenters. The highest BCUT2D eigenvalue weighted by Crippen LogP contribution is 2.28. The lowest BCUT2D eigenvalue weighted by Crippen LogP contribution is -2.40. The summed E-state index contributed by atoms with van der Waals surface area (Å²) in [6.45, 7) is 2.22. The highest BCUT2D eigenvalue weighted by Gasteiger charge is 2.24. The lowest BCUT2D eigenvalue weighted by Gasteiger charge is -2.30. The van der Waals surface area contributed by atoms with Crippen molar-refractivity contribution in [2.24, 2.45) is 11.8 Å². The highest BCUT2D eigenvalue weighted by atomic mass is 16.3. The number of hydrogen-bond donors (Lipinski definition) is 3. The van der Waals surface area contributed by atoms with E-state index < -0.39 is 0 Å². The average molecular weight is 242 g/mol. The molecule has 98 valence electrons. The predicted octanol–water partition coefficient (Wildman–Crippen LogP) is 0.0374. The number of aliphatic hydroxyl groups excluding tert-OH is 1. The van der Waals surface area contributed by atoms with E-state index in [9.17, 15) is 14.7 Å². The molecule has 3 N–H and O–H groups in total. The maximum Gasteiger partial charge on any atom is 0.239 e.